The van der Waals surface area contributed by atoms with Crippen molar-refractivity contribution in [3.8, 4) is 0 Å². The third-order valence-electron chi connectivity index (χ3n) is 2.94. The van der Waals surface area contributed by atoms with Gasteiger partial charge in [0.25, 0.3) is 0 Å². The van der Waals surface area contributed by atoms with Gasteiger partial charge in [-0.1, -0.05) is 0 Å². The first-order chi connectivity index (χ1) is 9.65. The number of nitrogens with zero attached hydrogens (tertiary/aromatic N) is 3. The molecule has 0 saturated carbocycles. The number of hydrogen-bond acceptors (Lipinski definition) is 4. The smallest absolute Gasteiger partial charge is 0.180 e. The van der Waals surface area contributed by atoms with Gasteiger partial charge >= 0.3 is 0 Å². The van der Waals surface area contributed by atoms with Crippen LogP contribution in [0, 0.1) is 12.7 Å². The minimum Gasteiger partial charge on any atom is -0.372 e. The molecule has 0 bridgehead atoms. The molecule has 0 aliphatic rings. The maximum atomic E-state index is 13.4. The molecule has 0 saturated heterocycles. The van der Waals surface area contributed by atoms with Crippen molar-refractivity contribution < 1.29 is 4.39 Å². The maximum absolute atomic E-state index is 13.4. The minimum absolute atomic E-state index is 0.281. The standard InChI is InChI=1S/C14H14FN5/c1-9-5-10(15)7-11(6-9)18-13-14-17-3-4-20(14)8-12(16-2)19-13/h3-8,16H,1-2H3,(H,18,19). The number of rotatable bonds is 3. The molecule has 0 radical (unpaired) electrons. The monoisotopic (exact) mass is 271 g/mol. The summed E-state index contributed by atoms with van der Waals surface area (Å²) in [6.07, 6.45) is 5.36. The van der Waals surface area contributed by atoms with E-state index in [0.29, 0.717) is 23.0 Å². The number of hydrogen-bond donors (Lipinski definition) is 2. The zero-order chi connectivity index (χ0) is 14.1. The molecule has 0 spiro atoms. The third-order valence-corrected chi connectivity index (χ3v) is 2.94. The van der Waals surface area contributed by atoms with Crippen LogP contribution in [-0.4, -0.2) is 21.4 Å². The first kappa shape index (κ1) is 12.4. The van der Waals surface area contributed by atoms with E-state index in [-0.39, 0.29) is 5.82 Å². The molecule has 0 fully saturated rings. The van der Waals surface area contributed by atoms with Gasteiger partial charge in [0.1, 0.15) is 11.6 Å². The van der Waals surface area contributed by atoms with Crippen LogP contribution in [0.1, 0.15) is 5.56 Å². The van der Waals surface area contributed by atoms with Gasteiger partial charge in [-0.15, -0.1) is 0 Å². The Bertz CT molecular complexity index is 745. The van der Waals surface area contributed by atoms with E-state index < -0.39 is 0 Å². The average Bonchev–Trinajstić information content (AvgIpc) is 2.85. The van der Waals surface area contributed by atoms with E-state index in [9.17, 15) is 4.39 Å². The van der Waals surface area contributed by atoms with Crippen LogP contribution in [-0.2, 0) is 0 Å². The second-order valence-corrected chi connectivity index (χ2v) is 4.53. The van der Waals surface area contributed by atoms with Gasteiger partial charge in [-0.05, 0) is 30.7 Å². The number of nitrogens with one attached hydrogen (secondary N) is 2. The van der Waals surface area contributed by atoms with Crippen molar-refractivity contribution in [1.29, 1.82) is 0 Å². The van der Waals surface area contributed by atoms with Crippen LogP contribution < -0.4 is 10.6 Å². The van der Waals surface area contributed by atoms with Gasteiger partial charge < -0.3 is 15.0 Å². The fourth-order valence-electron chi connectivity index (χ4n) is 2.08. The second-order valence-electron chi connectivity index (χ2n) is 4.53. The minimum atomic E-state index is -0.281. The molecule has 3 aromatic rings. The van der Waals surface area contributed by atoms with Gasteiger partial charge in [0.15, 0.2) is 11.5 Å². The maximum Gasteiger partial charge on any atom is 0.180 e. The highest BCUT2D eigenvalue weighted by Gasteiger charge is 2.08. The number of benzene rings is 1. The molecular weight excluding hydrogens is 257 g/mol. The number of imidazole rings is 1. The first-order valence-electron chi connectivity index (χ1n) is 6.21. The van der Waals surface area contributed by atoms with Gasteiger partial charge in [0.2, 0.25) is 0 Å². The summed E-state index contributed by atoms with van der Waals surface area (Å²) in [5, 5.41) is 6.10. The lowest BCUT2D eigenvalue weighted by atomic mass is 10.2. The van der Waals surface area contributed by atoms with Crippen LogP contribution in [0.25, 0.3) is 5.65 Å². The van der Waals surface area contributed by atoms with E-state index in [0.717, 1.165) is 5.56 Å². The number of aryl methyl sites for hydroxylation is 1. The van der Waals surface area contributed by atoms with Gasteiger partial charge in [0.05, 0.1) is 6.20 Å². The molecule has 5 nitrogen and oxygen atoms in total. The molecule has 0 unspecified atom stereocenters. The van der Waals surface area contributed by atoms with Gasteiger partial charge in [-0.3, -0.25) is 0 Å². The SMILES string of the molecule is CNc1cn2ccnc2c(Nc2cc(C)cc(F)c2)n1. The average molecular weight is 271 g/mol. The van der Waals surface area contributed by atoms with Crippen molar-refractivity contribution in [3.05, 3.63) is 48.2 Å². The molecule has 20 heavy (non-hydrogen) atoms. The Kier molecular flexibility index (Phi) is 2.98. The molecule has 2 heterocycles. The predicted molar refractivity (Wildman–Crippen MR) is 77.0 cm³/mol. The van der Waals surface area contributed by atoms with Gasteiger partial charge in [0, 0.05) is 25.1 Å². The highest BCUT2D eigenvalue weighted by Crippen LogP contribution is 2.22. The Hall–Kier alpha value is -2.63. The molecule has 1 aromatic carbocycles. The summed E-state index contributed by atoms with van der Waals surface area (Å²) in [6.45, 7) is 1.84. The molecule has 0 aliphatic heterocycles. The van der Waals surface area contributed by atoms with E-state index in [4.69, 9.17) is 0 Å². The fraction of sp³-hybridized carbons (Fsp3) is 0.143. The van der Waals surface area contributed by atoms with Crippen LogP contribution in [0.15, 0.2) is 36.8 Å². The highest BCUT2D eigenvalue weighted by atomic mass is 19.1. The lowest BCUT2D eigenvalue weighted by Crippen LogP contribution is -2.02. The van der Waals surface area contributed by atoms with Crippen molar-refractivity contribution in [1.82, 2.24) is 14.4 Å². The van der Waals surface area contributed by atoms with Gasteiger partial charge in [-0.25, -0.2) is 14.4 Å². The summed E-state index contributed by atoms with van der Waals surface area (Å²) in [4.78, 5) is 8.67. The summed E-state index contributed by atoms with van der Waals surface area (Å²) in [5.41, 5.74) is 2.18. The normalized spacial score (nSPS) is 10.8. The number of fused-ring (bicyclic) bond motifs is 1. The van der Waals surface area contributed by atoms with Crippen molar-refractivity contribution in [3.63, 3.8) is 0 Å². The summed E-state index contributed by atoms with van der Waals surface area (Å²) in [5.74, 6) is 0.995. The molecule has 3 rings (SSSR count). The lowest BCUT2D eigenvalue weighted by Gasteiger charge is -2.10. The van der Waals surface area contributed by atoms with Crippen LogP contribution >= 0.6 is 0 Å². The molecule has 2 N–H and O–H groups in total. The molecule has 2 aromatic heterocycles. The van der Waals surface area contributed by atoms with Crippen molar-refractivity contribution in [2.75, 3.05) is 17.7 Å². The van der Waals surface area contributed by atoms with E-state index in [1.54, 1.807) is 13.2 Å². The van der Waals surface area contributed by atoms with E-state index in [1.165, 1.54) is 12.1 Å². The van der Waals surface area contributed by atoms with Crippen molar-refractivity contribution in [2.45, 2.75) is 6.92 Å². The fourth-order valence-corrected chi connectivity index (χ4v) is 2.08. The zero-order valence-corrected chi connectivity index (χ0v) is 11.2. The van der Waals surface area contributed by atoms with Crippen LogP contribution in [0.2, 0.25) is 0 Å². The first-order valence-corrected chi connectivity index (χ1v) is 6.21. The Balaban J connectivity index is 2.07. The zero-order valence-electron chi connectivity index (χ0n) is 11.2. The van der Waals surface area contributed by atoms with E-state index in [2.05, 4.69) is 20.6 Å². The summed E-state index contributed by atoms with van der Waals surface area (Å²) >= 11 is 0. The predicted octanol–water partition coefficient (Wildman–Crippen LogP) is 2.96. The van der Waals surface area contributed by atoms with E-state index >= 15 is 0 Å². The summed E-state index contributed by atoms with van der Waals surface area (Å²) in [7, 11) is 1.79. The third kappa shape index (κ3) is 2.27. The van der Waals surface area contributed by atoms with E-state index in [1.807, 2.05) is 29.8 Å². The summed E-state index contributed by atoms with van der Waals surface area (Å²) in [6, 6.07) is 4.77. The molecule has 0 atom stereocenters. The molecule has 6 heteroatoms. The largest absolute Gasteiger partial charge is 0.372 e. The molecule has 0 amide bonds. The lowest BCUT2D eigenvalue weighted by molar-refractivity contribution is 0.627. The van der Waals surface area contributed by atoms with Crippen molar-refractivity contribution in [2.24, 2.45) is 0 Å². The van der Waals surface area contributed by atoms with Crippen molar-refractivity contribution >= 4 is 23.0 Å². The van der Waals surface area contributed by atoms with Crippen LogP contribution in [0.3, 0.4) is 0 Å². The number of aromatic nitrogens is 3. The Morgan fingerprint density at radius 3 is 2.85 bits per heavy atom. The summed E-state index contributed by atoms with van der Waals surface area (Å²) < 4.78 is 15.3. The number of halogens is 1. The van der Waals surface area contributed by atoms with Crippen LogP contribution in [0.5, 0.6) is 0 Å². The molecule has 0 aliphatic carbocycles. The van der Waals surface area contributed by atoms with Crippen LogP contribution in [0.4, 0.5) is 21.7 Å². The van der Waals surface area contributed by atoms with Gasteiger partial charge in [-0.2, -0.15) is 0 Å². The number of anilines is 3. The Morgan fingerprint density at radius 2 is 2.10 bits per heavy atom. The molecule has 102 valence electrons. The molecular formula is C14H14FN5. The quantitative estimate of drug-likeness (QED) is 0.769. The Labute approximate surface area is 115 Å². The highest BCUT2D eigenvalue weighted by molar-refractivity contribution is 5.71. The Morgan fingerprint density at radius 1 is 1.25 bits per heavy atom. The topological polar surface area (TPSA) is 54.2 Å². The second kappa shape index (κ2) is 4.80.